The minimum absolute atomic E-state index is 0.252. The van der Waals surface area contributed by atoms with Crippen LogP contribution in [0, 0.1) is 0 Å². The number of rotatable bonds is 1. The minimum atomic E-state index is 0.252. The predicted octanol–water partition coefficient (Wildman–Crippen LogP) is 1.79. The van der Waals surface area contributed by atoms with Crippen molar-refractivity contribution in [1.29, 1.82) is 0 Å². The van der Waals surface area contributed by atoms with Crippen LogP contribution in [0.5, 0.6) is 0 Å². The average Bonchev–Trinajstić information content (AvgIpc) is 2.47. The summed E-state index contributed by atoms with van der Waals surface area (Å²) in [6.45, 7) is 2.54. The number of hydrogen-bond donors (Lipinski definition) is 1. The third-order valence-corrected chi connectivity index (χ3v) is 2.52. The maximum absolute atomic E-state index is 5.72. The van der Waals surface area contributed by atoms with Crippen LogP contribution in [0.15, 0.2) is 18.3 Å². The van der Waals surface area contributed by atoms with E-state index >= 15 is 0 Å². The highest BCUT2D eigenvalue weighted by Gasteiger charge is 2.13. The zero-order chi connectivity index (χ0) is 9.80. The smallest absolute Gasteiger partial charge is 0.129 e. The van der Waals surface area contributed by atoms with Crippen molar-refractivity contribution in [3.63, 3.8) is 0 Å². The van der Waals surface area contributed by atoms with Gasteiger partial charge in [-0.25, -0.2) is 4.98 Å². The first-order chi connectivity index (χ1) is 6.86. The number of pyridine rings is 1. The second-order valence-corrected chi connectivity index (χ2v) is 3.74. The van der Waals surface area contributed by atoms with Crippen molar-refractivity contribution in [1.82, 2.24) is 10.3 Å². The monoisotopic (exact) mass is 212 g/mol. The third-order valence-electron chi connectivity index (χ3n) is 2.29. The molecule has 0 saturated carbocycles. The zero-order valence-electron chi connectivity index (χ0n) is 7.87. The van der Waals surface area contributed by atoms with Gasteiger partial charge < -0.3 is 10.1 Å². The Morgan fingerprint density at radius 1 is 1.50 bits per heavy atom. The summed E-state index contributed by atoms with van der Waals surface area (Å²) >= 11 is 5.72. The van der Waals surface area contributed by atoms with Crippen LogP contribution < -0.4 is 5.32 Å². The molecule has 0 amide bonds. The molecule has 2 rings (SSSR count). The van der Waals surface area contributed by atoms with Gasteiger partial charge in [-0.3, -0.25) is 0 Å². The van der Waals surface area contributed by atoms with Crippen LogP contribution in [0.4, 0.5) is 0 Å². The summed E-state index contributed by atoms with van der Waals surface area (Å²) < 4.78 is 5.47. The van der Waals surface area contributed by atoms with Crippen LogP contribution in [0.1, 0.15) is 18.0 Å². The molecule has 1 aliphatic rings. The summed E-state index contributed by atoms with van der Waals surface area (Å²) in [4.78, 5) is 4.05. The maximum Gasteiger partial charge on any atom is 0.129 e. The average molecular weight is 213 g/mol. The SMILES string of the molecule is Clc1ccc(C2COCCCN2)cn1. The molecule has 0 bridgehead atoms. The van der Waals surface area contributed by atoms with Gasteiger partial charge in [-0.15, -0.1) is 0 Å². The van der Waals surface area contributed by atoms with Gasteiger partial charge in [0.15, 0.2) is 0 Å². The normalized spacial score (nSPS) is 23.1. The van der Waals surface area contributed by atoms with Crippen molar-refractivity contribution in [3.8, 4) is 0 Å². The van der Waals surface area contributed by atoms with E-state index < -0.39 is 0 Å². The van der Waals surface area contributed by atoms with Gasteiger partial charge in [-0.1, -0.05) is 17.7 Å². The van der Waals surface area contributed by atoms with E-state index in [9.17, 15) is 0 Å². The molecular weight excluding hydrogens is 200 g/mol. The van der Waals surface area contributed by atoms with Crippen molar-refractivity contribution in [2.75, 3.05) is 19.8 Å². The fourth-order valence-electron chi connectivity index (χ4n) is 1.52. The van der Waals surface area contributed by atoms with Crippen LogP contribution in [0.25, 0.3) is 0 Å². The zero-order valence-corrected chi connectivity index (χ0v) is 8.63. The summed E-state index contributed by atoms with van der Waals surface area (Å²) in [5.41, 5.74) is 1.14. The molecular formula is C10H13ClN2O. The number of nitrogens with one attached hydrogen (secondary N) is 1. The first-order valence-electron chi connectivity index (χ1n) is 4.79. The van der Waals surface area contributed by atoms with Crippen molar-refractivity contribution in [2.45, 2.75) is 12.5 Å². The Morgan fingerprint density at radius 2 is 2.43 bits per heavy atom. The number of nitrogens with zero attached hydrogens (tertiary/aromatic N) is 1. The maximum atomic E-state index is 5.72. The fraction of sp³-hybridized carbons (Fsp3) is 0.500. The Kier molecular flexibility index (Phi) is 3.35. The molecule has 1 fully saturated rings. The third kappa shape index (κ3) is 2.44. The van der Waals surface area contributed by atoms with Crippen molar-refractivity contribution in [2.24, 2.45) is 0 Å². The second kappa shape index (κ2) is 4.73. The topological polar surface area (TPSA) is 34.1 Å². The molecule has 1 unspecified atom stereocenters. The Morgan fingerprint density at radius 3 is 3.21 bits per heavy atom. The van der Waals surface area contributed by atoms with Crippen LogP contribution >= 0.6 is 11.6 Å². The molecule has 1 aromatic heterocycles. The van der Waals surface area contributed by atoms with E-state index in [4.69, 9.17) is 16.3 Å². The van der Waals surface area contributed by atoms with Gasteiger partial charge in [-0.05, 0) is 24.6 Å². The quantitative estimate of drug-likeness (QED) is 0.721. The lowest BCUT2D eigenvalue weighted by atomic mass is 10.1. The van der Waals surface area contributed by atoms with Gasteiger partial charge in [0.2, 0.25) is 0 Å². The summed E-state index contributed by atoms with van der Waals surface area (Å²) in [6, 6.07) is 4.05. The first-order valence-corrected chi connectivity index (χ1v) is 5.16. The lowest BCUT2D eigenvalue weighted by Crippen LogP contribution is -2.23. The molecule has 0 spiro atoms. The van der Waals surface area contributed by atoms with Gasteiger partial charge in [-0.2, -0.15) is 0 Å². The molecule has 1 saturated heterocycles. The highest BCUT2D eigenvalue weighted by molar-refractivity contribution is 6.29. The Bertz CT molecular complexity index is 281. The fourth-order valence-corrected chi connectivity index (χ4v) is 1.63. The Labute approximate surface area is 88.4 Å². The molecule has 0 radical (unpaired) electrons. The van der Waals surface area contributed by atoms with E-state index in [1.54, 1.807) is 6.20 Å². The van der Waals surface area contributed by atoms with Crippen LogP contribution in [0.2, 0.25) is 5.15 Å². The van der Waals surface area contributed by atoms with Gasteiger partial charge >= 0.3 is 0 Å². The van der Waals surface area contributed by atoms with Crippen LogP contribution in [-0.4, -0.2) is 24.7 Å². The molecule has 1 atom stereocenters. The Hall–Kier alpha value is -0.640. The second-order valence-electron chi connectivity index (χ2n) is 3.35. The van der Waals surface area contributed by atoms with Crippen molar-refractivity contribution < 1.29 is 4.74 Å². The van der Waals surface area contributed by atoms with E-state index in [-0.39, 0.29) is 6.04 Å². The molecule has 0 aromatic carbocycles. The number of aromatic nitrogens is 1. The molecule has 3 nitrogen and oxygen atoms in total. The van der Waals surface area contributed by atoms with Gasteiger partial charge in [0, 0.05) is 12.8 Å². The van der Waals surface area contributed by atoms with E-state index in [0.29, 0.717) is 11.8 Å². The summed E-state index contributed by atoms with van der Waals surface area (Å²) in [6.07, 6.45) is 2.87. The number of halogens is 1. The van der Waals surface area contributed by atoms with Crippen LogP contribution in [0.3, 0.4) is 0 Å². The van der Waals surface area contributed by atoms with E-state index in [1.807, 2.05) is 12.1 Å². The number of hydrogen-bond acceptors (Lipinski definition) is 3. The van der Waals surface area contributed by atoms with Gasteiger partial charge in [0.05, 0.1) is 12.6 Å². The summed E-state index contributed by atoms with van der Waals surface area (Å²) in [7, 11) is 0. The van der Waals surface area contributed by atoms with Crippen molar-refractivity contribution >= 4 is 11.6 Å². The first kappa shape index (κ1) is 9.90. The molecule has 1 aromatic rings. The van der Waals surface area contributed by atoms with Crippen molar-refractivity contribution in [3.05, 3.63) is 29.0 Å². The standard InChI is InChI=1S/C10H13ClN2O/c11-10-3-2-8(6-13-10)9-7-14-5-1-4-12-9/h2-3,6,9,12H,1,4-5,7H2. The highest BCUT2D eigenvalue weighted by Crippen LogP contribution is 2.16. The molecule has 76 valence electrons. The van der Waals surface area contributed by atoms with E-state index in [1.165, 1.54) is 0 Å². The lowest BCUT2D eigenvalue weighted by Gasteiger charge is -2.14. The summed E-state index contributed by atoms with van der Waals surface area (Å²) in [5.74, 6) is 0. The molecule has 14 heavy (non-hydrogen) atoms. The Balaban J connectivity index is 2.08. The molecule has 4 heteroatoms. The molecule has 0 aliphatic carbocycles. The molecule has 2 heterocycles. The van der Waals surface area contributed by atoms with E-state index in [0.717, 1.165) is 25.1 Å². The van der Waals surface area contributed by atoms with Crippen LogP contribution in [-0.2, 0) is 4.74 Å². The minimum Gasteiger partial charge on any atom is -0.379 e. The molecule has 1 N–H and O–H groups in total. The van der Waals surface area contributed by atoms with Gasteiger partial charge in [0.25, 0.3) is 0 Å². The number of ether oxygens (including phenoxy) is 1. The lowest BCUT2D eigenvalue weighted by molar-refractivity contribution is 0.131. The van der Waals surface area contributed by atoms with Gasteiger partial charge in [0.1, 0.15) is 5.15 Å². The molecule has 1 aliphatic heterocycles. The highest BCUT2D eigenvalue weighted by atomic mass is 35.5. The largest absolute Gasteiger partial charge is 0.379 e. The van der Waals surface area contributed by atoms with E-state index in [2.05, 4.69) is 10.3 Å². The predicted molar refractivity (Wildman–Crippen MR) is 55.4 cm³/mol. The summed E-state index contributed by atoms with van der Waals surface area (Å²) in [5, 5.41) is 3.94.